The van der Waals surface area contributed by atoms with E-state index in [4.69, 9.17) is 46.4 Å². The van der Waals surface area contributed by atoms with E-state index in [0.29, 0.717) is 6.42 Å². The van der Waals surface area contributed by atoms with E-state index in [1.807, 2.05) is 0 Å². The van der Waals surface area contributed by atoms with Gasteiger partial charge in [-0.25, -0.2) is 0 Å². The minimum atomic E-state index is -0.171. The first-order valence-corrected chi connectivity index (χ1v) is 4.44. The van der Waals surface area contributed by atoms with Crippen LogP contribution in [-0.4, -0.2) is 21.5 Å². The number of hydrogen-bond acceptors (Lipinski definition) is 0. The first-order chi connectivity index (χ1) is 4.13. The van der Waals surface area contributed by atoms with Gasteiger partial charge in [-0.3, -0.25) is 0 Å². The van der Waals surface area contributed by atoms with Gasteiger partial charge in [-0.05, 0) is 6.42 Å². The monoisotopic (exact) mass is 206 g/mol. The molecule has 0 heterocycles. The van der Waals surface area contributed by atoms with Crippen molar-refractivity contribution in [1.82, 2.24) is 0 Å². The number of alkyl halides is 4. The molecule has 0 amide bonds. The normalized spacial score (nSPS) is 52.0. The Morgan fingerprint density at radius 3 is 1.22 bits per heavy atom. The van der Waals surface area contributed by atoms with E-state index < -0.39 is 0 Å². The lowest BCUT2D eigenvalue weighted by Gasteiger charge is -2.07. The quantitative estimate of drug-likeness (QED) is 0.537. The van der Waals surface area contributed by atoms with Crippen LogP contribution in [-0.2, 0) is 0 Å². The molecule has 0 aliphatic heterocycles. The maximum Gasteiger partial charge on any atom is 0.0678 e. The summed E-state index contributed by atoms with van der Waals surface area (Å²) < 4.78 is 0. The van der Waals surface area contributed by atoms with Gasteiger partial charge in [0.05, 0.1) is 21.5 Å². The standard InChI is InChI=1S/C5H6Cl4/c6-2-1-3(7)5(9)4(2)8/h2-5H,1H2/t2-,3-,4-,5+/m1/s1. The molecule has 0 radical (unpaired) electrons. The maximum absolute atomic E-state index is 5.76. The summed E-state index contributed by atoms with van der Waals surface area (Å²) in [6.45, 7) is 0. The molecule has 0 aromatic carbocycles. The van der Waals surface area contributed by atoms with Gasteiger partial charge in [-0.1, -0.05) is 0 Å². The van der Waals surface area contributed by atoms with Crippen molar-refractivity contribution < 1.29 is 0 Å². The lowest BCUT2D eigenvalue weighted by atomic mass is 10.4. The number of halogens is 4. The van der Waals surface area contributed by atoms with Crippen molar-refractivity contribution >= 4 is 46.4 Å². The lowest BCUT2D eigenvalue weighted by Crippen LogP contribution is -2.17. The molecule has 1 fully saturated rings. The summed E-state index contributed by atoms with van der Waals surface area (Å²) >= 11 is 23.0. The molecule has 0 N–H and O–H groups in total. The Morgan fingerprint density at radius 1 is 0.778 bits per heavy atom. The number of hydrogen-bond donors (Lipinski definition) is 0. The van der Waals surface area contributed by atoms with Crippen LogP contribution < -0.4 is 0 Å². The van der Waals surface area contributed by atoms with Gasteiger partial charge in [0.2, 0.25) is 0 Å². The highest BCUT2D eigenvalue weighted by molar-refractivity contribution is 6.39. The Bertz CT molecular complexity index is 93.1. The summed E-state index contributed by atoms with van der Waals surface area (Å²) in [5.74, 6) is 0. The second kappa shape index (κ2) is 3.04. The van der Waals surface area contributed by atoms with Crippen molar-refractivity contribution in [2.24, 2.45) is 0 Å². The third kappa shape index (κ3) is 1.59. The summed E-state index contributed by atoms with van der Waals surface area (Å²) in [7, 11) is 0. The van der Waals surface area contributed by atoms with Crippen molar-refractivity contribution in [2.75, 3.05) is 0 Å². The van der Waals surface area contributed by atoms with Crippen LogP contribution in [0.15, 0.2) is 0 Å². The highest BCUT2D eigenvalue weighted by Gasteiger charge is 2.39. The third-order valence-electron chi connectivity index (χ3n) is 1.45. The molecule has 0 nitrogen and oxygen atoms in total. The van der Waals surface area contributed by atoms with E-state index in [2.05, 4.69) is 0 Å². The summed E-state index contributed by atoms with van der Waals surface area (Å²) in [5.41, 5.74) is 0. The van der Waals surface area contributed by atoms with Crippen LogP contribution >= 0.6 is 46.4 Å². The molecule has 0 aromatic heterocycles. The fraction of sp³-hybridized carbons (Fsp3) is 1.00. The van der Waals surface area contributed by atoms with Crippen molar-refractivity contribution in [3.8, 4) is 0 Å². The van der Waals surface area contributed by atoms with Gasteiger partial charge in [-0.15, -0.1) is 46.4 Å². The predicted molar refractivity (Wildman–Crippen MR) is 43.2 cm³/mol. The molecular weight excluding hydrogens is 202 g/mol. The summed E-state index contributed by atoms with van der Waals surface area (Å²) in [6, 6.07) is 0. The van der Waals surface area contributed by atoms with Crippen LogP contribution in [0.5, 0.6) is 0 Å². The SMILES string of the molecule is Cl[C@@H]1[C@H](Cl)[C@H](Cl)C[C@H]1Cl. The largest absolute Gasteiger partial charge is 0.121 e. The minimum Gasteiger partial charge on any atom is -0.121 e. The average Bonchev–Trinajstić information content (AvgIpc) is 1.98. The fourth-order valence-corrected chi connectivity index (χ4v) is 2.37. The molecule has 9 heavy (non-hydrogen) atoms. The molecule has 0 spiro atoms. The Kier molecular flexibility index (Phi) is 2.79. The average molecular weight is 208 g/mol. The highest BCUT2D eigenvalue weighted by atomic mass is 35.5. The Morgan fingerprint density at radius 2 is 1.11 bits per heavy atom. The molecule has 1 rings (SSSR count). The zero-order valence-electron chi connectivity index (χ0n) is 4.53. The number of rotatable bonds is 0. The molecule has 1 aliphatic rings. The van der Waals surface area contributed by atoms with Crippen molar-refractivity contribution in [2.45, 2.75) is 27.9 Å². The molecule has 0 bridgehead atoms. The Hall–Kier alpha value is 1.16. The summed E-state index contributed by atoms with van der Waals surface area (Å²) in [5, 5.41) is -0.458. The van der Waals surface area contributed by atoms with Crippen LogP contribution in [0, 0.1) is 0 Å². The summed E-state index contributed by atoms with van der Waals surface area (Å²) in [6.07, 6.45) is 0.714. The first kappa shape index (κ1) is 8.26. The van der Waals surface area contributed by atoms with Gasteiger partial charge < -0.3 is 0 Å². The van der Waals surface area contributed by atoms with E-state index >= 15 is 0 Å². The molecule has 4 atom stereocenters. The van der Waals surface area contributed by atoms with Crippen LogP contribution in [0.4, 0.5) is 0 Å². The molecule has 0 saturated heterocycles. The zero-order chi connectivity index (χ0) is 7.02. The van der Waals surface area contributed by atoms with Crippen molar-refractivity contribution in [3.63, 3.8) is 0 Å². The molecule has 4 heteroatoms. The van der Waals surface area contributed by atoms with Crippen LogP contribution in [0.2, 0.25) is 0 Å². The smallest absolute Gasteiger partial charge is 0.0678 e. The van der Waals surface area contributed by atoms with Gasteiger partial charge in [0.15, 0.2) is 0 Å². The van der Waals surface area contributed by atoms with E-state index in [1.165, 1.54) is 0 Å². The van der Waals surface area contributed by atoms with Crippen molar-refractivity contribution in [3.05, 3.63) is 0 Å². The molecule has 0 unspecified atom stereocenters. The lowest BCUT2D eigenvalue weighted by molar-refractivity contribution is 0.901. The first-order valence-electron chi connectivity index (χ1n) is 2.69. The third-order valence-corrected chi connectivity index (χ3v) is 3.88. The van der Waals surface area contributed by atoms with Gasteiger partial charge in [-0.2, -0.15) is 0 Å². The van der Waals surface area contributed by atoms with Gasteiger partial charge in [0.25, 0.3) is 0 Å². The second-order valence-corrected chi connectivity index (χ2v) is 4.29. The molecule has 1 aliphatic carbocycles. The van der Waals surface area contributed by atoms with E-state index in [0.717, 1.165) is 0 Å². The molecule has 54 valence electrons. The van der Waals surface area contributed by atoms with Gasteiger partial charge in [0, 0.05) is 0 Å². The molecule has 1 saturated carbocycles. The van der Waals surface area contributed by atoms with Crippen LogP contribution in [0.1, 0.15) is 6.42 Å². The Balaban J connectivity index is 2.54. The second-order valence-electron chi connectivity index (χ2n) is 2.16. The van der Waals surface area contributed by atoms with Crippen molar-refractivity contribution in [1.29, 1.82) is 0 Å². The van der Waals surface area contributed by atoms with E-state index in [-0.39, 0.29) is 21.5 Å². The van der Waals surface area contributed by atoms with E-state index in [1.54, 1.807) is 0 Å². The minimum absolute atomic E-state index is 0.0586. The zero-order valence-corrected chi connectivity index (χ0v) is 7.55. The van der Waals surface area contributed by atoms with Gasteiger partial charge >= 0.3 is 0 Å². The van der Waals surface area contributed by atoms with Crippen LogP contribution in [0.3, 0.4) is 0 Å². The van der Waals surface area contributed by atoms with E-state index in [9.17, 15) is 0 Å². The topological polar surface area (TPSA) is 0 Å². The predicted octanol–water partition coefficient (Wildman–Crippen LogP) is 2.82. The molecular formula is C5H6Cl4. The highest BCUT2D eigenvalue weighted by Crippen LogP contribution is 2.36. The fourth-order valence-electron chi connectivity index (χ4n) is 0.874. The van der Waals surface area contributed by atoms with Crippen LogP contribution in [0.25, 0.3) is 0 Å². The van der Waals surface area contributed by atoms with Gasteiger partial charge in [0.1, 0.15) is 0 Å². The molecule has 0 aromatic rings. The maximum atomic E-state index is 5.76. The Labute approximate surface area is 74.4 Å². The summed E-state index contributed by atoms with van der Waals surface area (Å²) in [4.78, 5) is 0.